The van der Waals surface area contributed by atoms with Gasteiger partial charge in [-0.25, -0.2) is 4.98 Å². The van der Waals surface area contributed by atoms with E-state index in [9.17, 15) is 4.79 Å². The highest BCUT2D eigenvalue weighted by molar-refractivity contribution is 7.18. The fraction of sp³-hybridized carbons (Fsp3) is 0.474. The van der Waals surface area contributed by atoms with Crippen LogP contribution in [0.3, 0.4) is 0 Å². The molecular weight excluding hydrogens is 318 g/mol. The van der Waals surface area contributed by atoms with E-state index < -0.39 is 0 Å². The van der Waals surface area contributed by atoms with Crippen molar-refractivity contribution in [2.24, 2.45) is 5.92 Å². The van der Waals surface area contributed by atoms with Crippen LogP contribution in [-0.2, 0) is 4.79 Å². The van der Waals surface area contributed by atoms with E-state index in [0.717, 1.165) is 49.5 Å². The molecule has 0 saturated carbocycles. The van der Waals surface area contributed by atoms with Crippen molar-refractivity contribution in [2.75, 3.05) is 33.2 Å². The molecule has 0 bridgehead atoms. The van der Waals surface area contributed by atoms with Crippen LogP contribution in [0, 0.1) is 5.92 Å². The van der Waals surface area contributed by atoms with Gasteiger partial charge < -0.3 is 9.80 Å². The van der Waals surface area contributed by atoms with E-state index in [4.69, 9.17) is 4.98 Å². The van der Waals surface area contributed by atoms with E-state index in [-0.39, 0.29) is 11.8 Å². The maximum atomic E-state index is 13.1. The minimum Gasteiger partial charge on any atom is -0.340 e. The number of thiazole rings is 1. The van der Waals surface area contributed by atoms with Crippen LogP contribution in [0.4, 0.5) is 0 Å². The Balaban J connectivity index is 1.59. The molecule has 1 saturated heterocycles. The quantitative estimate of drug-likeness (QED) is 0.788. The maximum Gasteiger partial charge on any atom is 0.226 e. The number of piperazine rings is 1. The van der Waals surface area contributed by atoms with Gasteiger partial charge in [0.05, 0.1) is 21.1 Å². The topological polar surface area (TPSA) is 36.4 Å². The standard InChI is InChI=1S/C19H23N3OS/c1-21-10-12-22(13-11-21)19(23)15-7-3-2-6-14(15)18-20-16-8-4-5-9-17(16)24-18/h2-5,8-9,14-15H,6-7,10-13H2,1H3/t14-,15-/m1/s1. The lowest BCUT2D eigenvalue weighted by Gasteiger charge is -2.36. The molecule has 2 aliphatic rings. The summed E-state index contributed by atoms with van der Waals surface area (Å²) in [5.41, 5.74) is 1.05. The van der Waals surface area contributed by atoms with Crippen LogP contribution in [0.5, 0.6) is 0 Å². The van der Waals surface area contributed by atoms with Gasteiger partial charge in [0.2, 0.25) is 5.91 Å². The highest BCUT2D eigenvalue weighted by Gasteiger charge is 2.35. The number of fused-ring (bicyclic) bond motifs is 1. The highest BCUT2D eigenvalue weighted by atomic mass is 32.1. The van der Waals surface area contributed by atoms with Crippen LogP contribution >= 0.6 is 11.3 Å². The number of benzene rings is 1. The van der Waals surface area contributed by atoms with Gasteiger partial charge in [0.25, 0.3) is 0 Å². The molecule has 2 aromatic rings. The normalized spacial score (nSPS) is 25.3. The third kappa shape index (κ3) is 2.98. The minimum absolute atomic E-state index is 0.0407. The van der Waals surface area contributed by atoms with Crippen LogP contribution in [0.15, 0.2) is 36.4 Å². The summed E-state index contributed by atoms with van der Waals surface area (Å²) in [6.45, 7) is 3.64. The summed E-state index contributed by atoms with van der Waals surface area (Å²) < 4.78 is 1.22. The summed E-state index contributed by atoms with van der Waals surface area (Å²) in [5, 5.41) is 1.12. The first-order valence-electron chi connectivity index (χ1n) is 8.70. The smallest absolute Gasteiger partial charge is 0.226 e. The zero-order chi connectivity index (χ0) is 16.5. The van der Waals surface area contributed by atoms with Crippen molar-refractivity contribution < 1.29 is 4.79 Å². The average Bonchev–Trinajstić information content (AvgIpc) is 3.06. The lowest BCUT2D eigenvalue weighted by molar-refractivity contribution is -0.138. The second kappa shape index (κ2) is 6.65. The molecule has 126 valence electrons. The molecule has 1 aliphatic carbocycles. The van der Waals surface area contributed by atoms with Crippen molar-refractivity contribution in [3.8, 4) is 0 Å². The minimum atomic E-state index is 0.0407. The Labute approximate surface area is 146 Å². The monoisotopic (exact) mass is 341 g/mol. The second-order valence-corrected chi connectivity index (χ2v) is 7.87. The van der Waals surface area contributed by atoms with Crippen LogP contribution in [-0.4, -0.2) is 53.9 Å². The van der Waals surface area contributed by atoms with Crippen molar-refractivity contribution >= 4 is 27.5 Å². The van der Waals surface area contributed by atoms with Gasteiger partial charge in [-0.1, -0.05) is 24.3 Å². The SMILES string of the molecule is CN1CCN(C(=O)[C@@H]2CC=CC[C@H]2c2nc3ccccc3s2)CC1. The molecule has 24 heavy (non-hydrogen) atoms. The molecule has 1 fully saturated rings. The molecule has 0 N–H and O–H groups in total. The van der Waals surface area contributed by atoms with Gasteiger partial charge in [0.1, 0.15) is 0 Å². The lowest BCUT2D eigenvalue weighted by atomic mass is 9.82. The summed E-state index contributed by atoms with van der Waals surface area (Å²) in [7, 11) is 2.12. The van der Waals surface area contributed by atoms with Crippen molar-refractivity contribution in [3.63, 3.8) is 0 Å². The molecule has 0 spiro atoms. The van der Waals surface area contributed by atoms with Gasteiger partial charge in [-0.05, 0) is 32.0 Å². The fourth-order valence-electron chi connectivity index (χ4n) is 3.67. The van der Waals surface area contributed by atoms with Crippen LogP contribution in [0.2, 0.25) is 0 Å². The number of aromatic nitrogens is 1. The average molecular weight is 341 g/mol. The van der Waals surface area contributed by atoms with E-state index in [1.807, 2.05) is 6.07 Å². The third-order valence-corrected chi connectivity index (χ3v) is 6.36. The third-order valence-electron chi connectivity index (χ3n) is 5.19. The molecule has 1 aromatic heterocycles. The second-order valence-electron chi connectivity index (χ2n) is 6.80. The number of amides is 1. The lowest BCUT2D eigenvalue weighted by Crippen LogP contribution is -2.49. The Hall–Kier alpha value is -1.72. The van der Waals surface area contributed by atoms with Crippen molar-refractivity contribution in [1.29, 1.82) is 0 Å². The van der Waals surface area contributed by atoms with Crippen LogP contribution in [0.25, 0.3) is 10.2 Å². The van der Waals surface area contributed by atoms with Gasteiger partial charge in [0.15, 0.2) is 0 Å². The Bertz CT molecular complexity index is 728. The Morgan fingerprint density at radius 2 is 1.88 bits per heavy atom. The molecule has 4 rings (SSSR count). The van der Waals surface area contributed by atoms with E-state index in [2.05, 4.69) is 47.2 Å². The van der Waals surface area contributed by atoms with E-state index in [1.165, 1.54) is 4.70 Å². The number of allylic oxidation sites excluding steroid dienone is 2. The first-order chi connectivity index (χ1) is 11.7. The number of rotatable bonds is 2. The van der Waals surface area contributed by atoms with Gasteiger partial charge >= 0.3 is 0 Å². The summed E-state index contributed by atoms with van der Waals surface area (Å²) in [5.74, 6) is 0.579. The molecule has 1 aromatic carbocycles. The van der Waals surface area contributed by atoms with E-state index in [0.29, 0.717) is 5.91 Å². The van der Waals surface area contributed by atoms with Gasteiger partial charge in [0, 0.05) is 32.1 Å². The van der Waals surface area contributed by atoms with Gasteiger partial charge in [-0.3, -0.25) is 4.79 Å². The Morgan fingerprint density at radius 3 is 2.67 bits per heavy atom. The van der Waals surface area contributed by atoms with Crippen molar-refractivity contribution in [3.05, 3.63) is 41.4 Å². The molecule has 2 atom stereocenters. The molecule has 5 heteroatoms. The largest absolute Gasteiger partial charge is 0.340 e. The fourth-order valence-corrected chi connectivity index (χ4v) is 4.82. The van der Waals surface area contributed by atoms with Crippen molar-refractivity contribution in [1.82, 2.24) is 14.8 Å². The maximum absolute atomic E-state index is 13.1. The molecule has 0 radical (unpaired) electrons. The predicted octanol–water partition coefficient (Wildman–Crippen LogP) is 3.12. The number of carbonyl (C=O) groups is 1. The number of hydrogen-bond acceptors (Lipinski definition) is 4. The van der Waals surface area contributed by atoms with Gasteiger partial charge in [-0.15, -0.1) is 11.3 Å². The number of para-hydroxylation sites is 1. The number of carbonyl (C=O) groups excluding carboxylic acids is 1. The summed E-state index contributed by atoms with van der Waals surface area (Å²) in [6.07, 6.45) is 6.14. The molecule has 1 amide bonds. The zero-order valence-electron chi connectivity index (χ0n) is 14.0. The molecule has 2 heterocycles. The van der Waals surface area contributed by atoms with E-state index in [1.54, 1.807) is 11.3 Å². The van der Waals surface area contributed by atoms with Crippen molar-refractivity contribution in [2.45, 2.75) is 18.8 Å². The first kappa shape index (κ1) is 15.8. The molecular formula is C19H23N3OS. The first-order valence-corrected chi connectivity index (χ1v) is 9.52. The molecule has 4 nitrogen and oxygen atoms in total. The Kier molecular flexibility index (Phi) is 4.37. The Morgan fingerprint density at radius 1 is 1.12 bits per heavy atom. The zero-order valence-corrected chi connectivity index (χ0v) is 14.8. The number of nitrogens with zero attached hydrogens (tertiary/aromatic N) is 3. The highest BCUT2D eigenvalue weighted by Crippen LogP contribution is 2.39. The summed E-state index contributed by atoms with van der Waals surface area (Å²) in [4.78, 5) is 22.3. The van der Waals surface area contributed by atoms with E-state index >= 15 is 0 Å². The number of hydrogen-bond donors (Lipinski definition) is 0. The summed E-state index contributed by atoms with van der Waals surface area (Å²) in [6, 6.07) is 8.26. The summed E-state index contributed by atoms with van der Waals surface area (Å²) >= 11 is 1.75. The molecule has 0 unspecified atom stereocenters. The van der Waals surface area contributed by atoms with Gasteiger partial charge in [-0.2, -0.15) is 0 Å². The number of likely N-dealkylation sites (N-methyl/N-ethyl adjacent to an activating group) is 1. The van der Waals surface area contributed by atoms with Crippen LogP contribution < -0.4 is 0 Å². The van der Waals surface area contributed by atoms with Crippen LogP contribution in [0.1, 0.15) is 23.8 Å². The predicted molar refractivity (Wildman–Crippen MR) is 98.3 cm³/mol. The molecule has 1 aliphatic heterocycles.